The van der Waals surface area contributed by atoms with Gasteiger partial charge in [-0.25, -0.2) is 13.8 Å². The minimum absolute atomic E-state index is 0.248. The number of H-pyrrole nitrogens is 1. The molecule has 8 heteroatoms. The number of amides is 1. The molecule has 0 fully saturated rings. The number of halogens is 2. The van der Waals surface area contributed by atoms with Crippen molar-refractivity contribution >= 4 is 33.8 Å². The van der Waals surface area contributed by atoms with Gasteiger partial charge in [0.2, 0.25) is 0 Å². The predicted octanol–water partition coefficient (Wildman–Crippen LogP) is 4.22. The average Bonchev–Trinajstić information content (AvgIpc) is 3.25. The molecule has 4 rings (SSSR count). The van der Waals surface area contributed by atoms with E-state index in [0.717, 1.165) is 12.1 Å². The van der Waals surface area contributed by atoms with Crippen LogP contribution in [0.5, 0.6) is 0 Å². The largest absolute Gasteiger partial charge is 0.359 e. The number of anilines is 1. The summed E-state index contributed by atoms with van der Waals surface area (Å²) in [5, 5.41) is 5.03. The van der Waals surface area contributed by atoms with Gasteiger partial charge >= 0.3 is 0 Å². The van der Waals surface area contributed by atoms with Crippen molar-refractivity contribution < 1.29 is 13.6 Å². The molecule has 0 saturated carbocycles. The molecule has 1 amide bonds. The first kappa shape index (κ1) is 15.4. The molecule has 124 valence electrons. The molecule has 4 aromatic rings. The van der Waals surface area contributed by atoms with Gasteiger partial charge in [0.1, 0.15) is 5.69 Å². The van der Waals surface area contributed by atoms with Crippen molar-refractivity contribution in [2.45, 2.75) is 0 Å². The fourth-order valence-corrected chi connectivity index (χ4v) is 3.11. The number of aromatic nitrogens is 3. The van der Waals surface area contributed by atoms with Crippen molar-refractivity contribution in [1.29, 1.82) is 0 Å². The molecule has 5 nitrogen and oxygen atoms in total. The monoisotopic (exact) mass is 356 g/mol. The van der Waals surface area contributed by atoms with Crippen LogP contribution in [0.2, 0.25) is 0 Å². The molecule has 3 aromatic heterocycles. The van der Waals surface area contributed by atoms with E-state index in [1.165, 1.54) is 17.5 Å². The molecule has 0 aliphatic heterocycles. The third-order valence-corrected chi connectivity index (χ3v) is 4.44. The Labute approximate surface area is 144 Å². The number of nitrogens with zero attached hydrogens (tertiary/aromatic N) is 2. The summed E-state index contributed by atoms with van der Waals surface area (Å²) >= 11 is 1.18. The summed E-state index contributed by atoms with van der Waals surface area (Å²) in [5.41, 5.74) is 2.02. The van der Waals surface area contributed by atoms with Crippen molar-refractivity contribution in [3.8, 4) is 11.4 Å². The fraction of sp³-hybridized carbons (Fsp3) is 0. The first-order valence-corrected chi connectivity index (χ1v) is 8.14. The van der Waals surface area contributed by atoms with Crippen LogP contribution in [-0.2, 0) is 0 Å². The average molecular weight is 356 g/mol. The highest BCUT2D eigenvalue weighted by Crippen LogP contribution is 2.27. The Hall–Kier alpha value is -3.13. The minimum atomic E-state index is -0.978. The quantitative estimate of drug-likeness (QED) is 0.577. The van der Waals surface area contributed by atoms with Crippen molar-refractivity contribution in [3.63, 3.8) is 0 Å². The van der Waals surface area contributed by atoms with E-state index in [-0.39, 0.29) is 5.01 Å². The Morgan fingerprint density at radius 3 is 2.80 bits per heavy atom. The molecule has 0 unspecified atom stereocenters. The highest BCUT2D eigenvalue weighted by molar-refractivity contribution is 7.12. The van der Waals surface area contributed by atoms with Crippen LogP contribution in [0.4, 0.5) is 14.5 Å². The Bertz CT molecular complexity index is 1070. The normalized spacial score (nSPS) is 11.0. The molecular weight excluding hydrogens is 346 g/mol. The van der Waals surface area contributed by atoms with Crippen LogP contribution < -0.4 is 5.32 Å². The maximum Gasteiger partial charge on any atom is 0.284 e. The lowest BCUT2D eigenvalue weighted by molar-refractivity contribution is 0.102. The second-order valence-corrected chi connectivity index (χ2v) is 6.08. The van der Waals surface area contributed by atoms with E-state index >= 15 is 0 Å². The summed E-state index contributed by atoms with van der Waals surface area (Å²) in [5.74, 6) is -2.36. The van der Waals surface area contributed by atoms with Crippen LogP contribution in [0.15, 0.2) is 48.1 Å². The van der Waals surface area contributed by atoms with E-state index in [0.29, 0.717) is 28.0 Å². The molecular formula is C17H10F2N4OS. The molecule has 25 heavy (non-hydrogen) atoms. The highest BCUT2D eigenvalue weighted by atomic mass is 32.1. The van der Waals surface area contributed by atoms with Gasteiger partial charge in [0, 0.05) is 29.2 Å². The van der Waals surface area contributed by atoms with Gasteiger partial charge in [-0.05, 0) is 18.2 Å². The highest BCUT2D eigenvalue weighted by Gasteiger charge is 2.16. The number of nitrogens with one attached hydrogen (secondary N) is 2. The minimum Gasteiger partial charge on any atom is -0.359 e. The number of carbonyl (C=O) groups excluding carboxylic acids is 1. The van der Waals surface area contributed by atoms with E-state index in [4.69, 9.17) is 0 Å². The number of hydrogen-bond acceptors (Lipinski definition) is 4. The Kier molecular flexibility index (Phi) is 3.73. The summed E-state index contributed by atoms with van der Waals surface area (Å²) < 4.78 is 26.7. The van der Waals surface area contributed by atoms with Crippen molar-refractivity contribution in [3.05, 3.63) is 64.7 Å². The van der Waals surface area contributed by atoms with Crippen LogP contribution >= 0.6 is 11.3 Å². The van der Waals surface area contributed by atoms with Crippen molar-refractivity contribution in [2.75, 3.05) is 5.32 Å². The van der Waals surface area contributed by atoms with Crippen LogP contribution in [0.3, 0.4) is 0 Å². The van der Waals surface area contributed by atoms with Gasteiger partial charge in [-0.1, -0.05) is 6.07 Å². The second kappa shape index (κ2) is 6.06. The number of hydrogen-bond donors (Lipinski definition) is 2. The van der Waals surface area contributed by atoms with E-state index in [2.05, 4.69) is 20.3 Å². The van der Waals surface area contributed by atoms with Gasteiger partial charge in [0.05, 0.1) is 16.9 Å². The number of carbonyl (C=O) groups is 1. The van der Waals surface area contributed by atoms with Crippen molar-refractivity contribution in [1.82, 2.24) is 15.0 Å². The SMILES string of the molecule is O=C(Nc1c[nH]c2cc(F)c(F)cc12)c1nc(-c2ccccn2)cs1. The van der Waals surface area contributed by atoms with Crippen molar-refractivity contribution in [2.24, 2.45) is 0 Å². The zero-order valence-electron chi connectivity index (χ0n) is 12.6. The summed E-state index contributed by atoms with van der Waals surface area (Å²) in [6.45, 7) is 0. The predicted molar refractivity (Wildman–Crippen MR) is 91.5 cm³/mol. The number of thiazole rings is 1. The standard InChI is InChI=1S/C17H10F2N4OS/c18-10-5-9-13(6-11(10)19)21-7-14(9)22-16(24)17-23-15(8-25-17)12-3-1-2-4-20-12/h1-8,21H,(H,22,24). The Morgan fingerprint density at radius 2 is 2.00 bits per heavy atom. The molecule has 1 aromatic carbocycles. The third-order valence-electron chi connectivity index (χ3n) is 3.60. The molecule has 0 atom stereocenters. The zero-order valence-corrected chi connectivity index (χ0v) is 13.4. The topological polar surface area (TPSA) is 70.7 Å². The Morgan fingerprint density at radius 1 is 1.16 bits per heavy atom. The summed E-state index contributed by atoms with van der Waals surface area (Å²) in [6, 6.07) is 7.51. The molecule has 0 aliphatic carbocycles. The van der Waals surface area contributed by atoms with Gasteiger partial charge in [0.25, 0.3) is 5.91 Å². The van der Waals surface area contributed by atoms with E-state index in [1.807, 2.05) is 6.07 Å². The zero-order chi connectivity index (χ0) is 17.4. The van der Waals surface area contributed by atoms with Gasteiger partial charge in [-0.3, -0.25) is 9.78 Å². The van der Waals surface area contributed by atoms with E-state index < -0.39 is 17.5 Å². The van der Waals surface area contributed by atoms with Crippen LogP contribution in [-0.4, -0.2) is 20.9 Å². The van der Waals surface area contributed by atoms with Gasteiger partial charge in [-0.15, -0.1) is 11.3 Å². The number of fused-ring (bicyclic) bond motifs is 1. The van der Waals surface area contributed by atoms with Crippen LogP contribution in [0.25, 0.3) is 22.3 Å². The summed E-state index contributed by atoms with van der Waals surface area (Å²) in [7, 11) is 0. The smallest absolute Gasteiger partial charge is 0.284 e. The molecule has 0 bridgehead atoms. The van der Waals surface area contributed by atoms with Gasteiger partial charge < -0.3 is 10.3 Å². The fourth-order valence-electron chi connectivity index (χ4n) is 2.41. The maximum atomic E-state index is 13.4. The molecule has 0 radical (unpaired) electrons. The molecule has 0 spiro atoms. The lowest BCUT2D eigenvalue weighted by Gasteiger charge is -2.01. The van der Waals surface area contributed by atoms with Crippen LogP contribution in [0, 0.1) is 11.6 Å². The summed E-state index contributed by atoms with van der Waals surface area (Å²) in [4.78, 5) is 23.6. The number of aromatic amines is 1. The van der Waals surface area contributed by atoms with E-state index in [1.54, 1.807) is 23.7 Å². The van der Waals surface area contributed by atoms with Gasteiger partial charge in [-0.2, -0.15) is 0 Å². The molecule has 3 heterocycles. The number of rotatable bonds is 3. The second-order valence-electron chi connectivity index (χ2n) is 5.22. The number of pyridine rings is 1. The molecule has 2 N–H and O–H groups in total. The first-order valence-electron chi connectivity index (χ1n) is 7.26. The third kappa shape index (κ3) is 2.87. The maximum absolute atomic E-state index is 13.4. The Balaban J connectivity index is 1.61. The van der Waals surface area contributed by atoms with Gasteiger partial charge in [0.15, 0.2) is 16.6 Å². The van der Waals surface area contributed by atoms with Crippen LogP contribution in [0.1, 0.15) is 9.80 Å². The molecule has 0 aliphatic rings. The lowest BCUT2D eigenvalue weighted by atomic mass is 10.2. The molecule has 0 saturated heterocycles. The van der Waals surface area contributed by atoms with E-state index in [9.17, 15) is 13.6 Å². The summed E-state index contributed by atoms with van der Waals surface area (Å²) in [6.07, 6.45) is 3.13. The first-order chi connectivity index (χ1) is 12.1. The number of benzene rings is 1. The lowest BCUT2D eigenvalue weighted by Crippen LogP contribution is -2.11.